The van der Waals surface area contributed by atoms with Gasteiger partial charge in [-0.1, -0.05) is 30.3 Å². The third-order valence-corrected chi connectivity index (χ3v) is 4.11. The first-order valence-corrected chi connectivity index (χ1v) is 7.76. The second-order valence-electron chi connectivity index (χ2n) is 4.95. The third-order valence-electron chi connectivity index (χ3n) is 3.59. The Hall–Kier alpha value is -0.880. The van der Waals surface area contributed by atoms with E-state index in [0.717, 1.165) is 9.53 Å². The van der Waals surface area contributed by atoms with Crippen LogP contribution in [0.15, 0.2) is 36.5 Å². The molecule has 0 radical (unpaired) electrons. The van der Waals surface area contributed by atoms with Gasteiger partial charge in [-0.2, -0.15) is 0 Å². The minimum Gasteiger partial charge on any atom is -0.369 e. The minimum atomic E-state index is 0.592. The molecule has 1 aliphatic rings. The maximum Gasteiger partial charge on any atom is 0.136 e. The van der Waals surface area contributed by atoms with Crippen LogP contribution in [-0.4, -0.2) is 9.55 Å². The normalized spacial score (nSPS) is 15.4. The van der Waals surface area contributed by atoms with Crippen LogP contribution in [0, 0.1) is 3.70 Å². The average molecular weight is 368 g/mol. The Bertz CT molecular complexity index is 534. The second-order valence-corrected chi connectivity index (χ2v) is 6.06. The van der Waals surface area contributed by atoms with Gasteiger partial charge in [0.1, 0.15) is 16.1 Å². The fourth-order valence-electron chi connectivity index (χ4n) is 2.32. The average Bonchev–Trinajstić information content (AvgIpc) is 2.70. The summed E-state index contributed by atoms with van der Waals surface area (Å²) in [5.74, 6) is 1.06. The van der Waals surface area contributed by atoms with E-state index in [1.165, 1.54) is 24.8 Å². The Labute approximate surface area is 127 Å². The van der Waals surface area contributed by atoms with Crippen LogP contribution in [0.2, 0.25) is 0 Å². The lowest BCUT2D eigenvalue weighted by Gasteiger charge is -2.28. The number of hydrogen-bond acceptors (Lipinski definition) is 2. The fourth-order valence-corrected chi connectivity index (χ4v) is 2.90. The summed E-state index contributed by atoms with van der Waals surface area (Å²) in [5, 5.41) is 0. The van der Waals surface area contributed by atoms with Gasteiger partial charge in [0.2, 0.25) is 0 Å². The first kappa shape index (κ1) is 13.1. The number of aromatic nitrogens is 2. The van der Waals surface area contributed by atoms with Crippen LogP contribution >= 0.6 is 22.6 Å². The number of nitrogens with zero attached hydrogens (tertiary/aromatic N) is 2. The van der Waals surface area contributed by atoms with Gasteiger partial charge in [-0.15, -0.1) is 0 Å². The van der Waals surface area contributed by atoms with Gasteiger partial charge >= 0.3 is 0 Å². The molecule has 1 aliphatic carbocycles. The third kappa shape index (κ3) is 3.17. The van der Waals surface area contributed by atoms with E-state index >= 15 is 0 Å². The van der Waals surface area contributed by atoms with Crippen LogP contribution < -0.4 is 0 Å². The highest BCUT2D eigenvalue weighted by atomic mass is 127. The molecule has 3 rings (SSSR count). The molecule has 1 aromatic heterocycles. The molecule has 1 saturated carbocycles. The topological polar surface area (TPSA) is 27.1 Å². The molecule has 1 aromatic carbocycles. The molecule has 0 unspecified atom stereocenters. The molecule has 100 valence electrons. The first-order valence-electron chi connectivity index (χ1n) is 6.68. The van der Waals surface area contributed by atoms with Gasteiger partial charge in [0, 0.05) is 12.2 Å². The molecule has 19 heavy (non-hydrogen) atoms. The summed E-state index contributed by atoms with van der Waals surface area (Å²) in [6.45, 7) is 1.24. The minimum absolute atomic E-state index is 0.592. The lowest BCUT2D eigenvalue weighted by molar-refractivity contribution is 0.0961. The van der Waals surface area contributed by atoms with Crippen LogP contribution in [0.5, 0.6) is 0 Å². The van der Waals surface area contributed by atoms with Crippen molar-refractivity contribution >= 4 is 22.6 Å². The number of benzene rings is 1. The van der Waals surface area contributed by atoms with Gasteiger partial charge in [-0.25, -0.2) is 4.98 Å². The van der Waals surface area contributed by atoms with Crippen molar-refractivity contribution in [3.63, 3.8) is 0 Å². The van der Waals surface area contributed by atoms with E-state index in [0.29, 0.717) is 19.3 Å². The number of hydrogen-bond donors (Lipinski definition) is 0. The molecule has 0 saturated heterocycles. The maximum absolute atomic E-state index is 5.79. The molecule has 1 fully saturated rings. The fraction of sp³-hybridized carbons (Fsp3) is 0.400. The van der Waals surface area contributed by atoms with Gasteiger partial charge < -0.3 is 9.30 Å². The Balaban J connectivity index is 1.60. The summed E-state index contributed by atoms with van der Waals surface area (Å²) >= 11 is 2.28. The lowest BCUT2D eigenvalue weighted by atomic mass is 9.93. The van der Waals surface area contributed by atoms with Gasteiger partial charge in [-0.05, 0) is 47.4 Å². The van der Waals surface area contributed by atoms with Crippen molar-refractivity contribution in [2.45, 2.75) is 38.5 Å². The van der Waals surface area contributed by atoms with E-state index in [9.17, 15) is 0 Å². The summed E-state index contributed by atoms with van der Waals surface area (Å²) < 4.78 is 9.15. The van der Waals surface area contributed by atoms with Crippen molar-refractivity contribution in [2.75, 3.05) is 0 Å². The van der Waals surface area contributed by atoms with Crippen LogP contribution in [-0.2, 0) is 18.0 Å². The summed E-state index contributed by atoms with van der Waals surface area (Å²) in [5.41, 5.74) is 1.21. The van der Waals surface area contributed by atoms with E-state index in [1.807, 2.05) is 18.2 Å². The zero-order chi connectivity index (χ0) is 13.1. The number of ether oxygens (including phenoxy) is 1. The molecule has 0 aliphatic heterocycles. The SMILES string of the molecule is Ic1cn(C2CCC2)c(COCc2ccccc2)n1. The summed E-state index contributed by atoms with van der Waals surface area (Å²) in [6.07, 6.45) is 6.03. The van der Waals surface area contributed by atoms with Crippen molar-refractivity contribution < 1.29 is 4.74 Å². The van der Waals surface area contributed by atoms with Crippen LogP contribution in [0.25, 0.3) is 0 Å². The van der Waals surface area contributed by atoms with Crippen LogP contribution in [0.4, 0.5) is 0 Å². The van der Waals surface area contributed by atoms with Gasteiger partial charge in [-0.3, -0.25) is 0 Å². The molecule has 0 bridgehead atoms. The number of halogens is 1. The van der Waals surface area contributed by atoms with Gasteiger partial charge in [0.25, 0.3) is 0 Å². The Morgan fingerprint density at radius 1 is 1.21 bits per heavy atom. The van der Waals surface area contributed by atoms with Crippen molar-refractivity contribution in [1.82, 2.24) is 9.55 Å². The second kappa shape index (κ2) is 6.05. The van der Waals surface area contributed by atoms with Crippen molar-refractivity contribution in [2.24, 2.45) is 0 Å². The lowest BCUT2D eigenvalue weighted by Crippen LogP contribution is -2.19. The molecular formula is C15H17IN2O. The highest BCUT2D eigenvalue weighted by Crippen LogP contribution is 2.33. The standard InChI is InChI=1S/C15H17IN2O/c16-14-9-18(13-7-4-8-13)15(17-14)11-19-10-12-5-2-1-3-6-12/h1-3,5-6,9,13H,4,7-8,10-11H2. The molecule has 2 aromatic rings. The van der Waals surface area contributed by atoms with Crippen molar-refractivity contribution in [3.8, 4) is 0 Å². The molecule has 1 heterocycles. The molecule has 3 nitrogen and oxygen atoms in total. The molecule has 0 atom stereocenters. The zero-order valence-corrected chi connectivity index (χ0v) is 12.9. The zero-order valence-electron chi connectivity index (χ0n) is 10.8. The maximum atomic E-state index is 5.79. The van der Waals surface area contributed by atoms with E-state index in [1.54, 1.807) is 0 Å². The summed E-state index contributed by atoms with van der Waals surface area (Å²) in [4.78, 5) is 4.57. The quantitative estimate of drug-likeness (QED) is 0.748. The molecule has 0 amide bonds. The van der Waals surface area contributed by atoms with E-state index in [-0.39, 0.29) is 0 Å². The van der Waals surface area contributed by atoms with Crippen molar-refractivity contribution in [1.29, 1.82) is 0 Å². The highest BCUT2D eigenvalue weighted by molar-refractivity contribution is 14.1. The summed E-state index contributed by atoms with van der Waals surface area (Å²) in [7, 11) is 0. The number of imidazole rings is 1. The van der Waals surface area contributed by atoms with Crippen LogP contribution in [0.1, 0.15) is 36.7 Å². The monoisotopic (exact) mass is 368 g/mol. The molecular weight excluding hydrogens is 351 g/mol. The van der Waals surface area contributed by atoms with Gasteiger partial charge in [0.15, 0.2) is 0 Å². The molecule has 4 heteroatoms. The Kier molecular flexibility index (Phi) is 4.18. The first-order chi connectivity index (χ1) is 9.33. The largest absolute Gasteiger partial charge is 0.369 e. The predicted molar refractivity (Wildman–Crippen MR) is 82.8 cm³/mol. The Morgan fingerprint density at radius 3 is 2.68 bits per heavy atom. The molecule has 0 spiro atoms. The predicted octanol–water partition coefficient (Wildman–Crippen LogP) is 3.93. The van der Waals surface area contributed by atoms with Crippen LogP contribution in [0.3, 0.4) is 0 Å². The number of rotatable bonds is 5. The Morgan fingerprint density at radius 2 is 2.00 bits per heavy atom. The smallest absolute Gasteiger partial charge is 0.136 e. The van der Waals surface area contributed by atoms with Gasteiger partial charge in [0.05, 0.1) is 6.61 Å². The van der Waals surface area contributed by atoms with E-state index < -0.39 is 0 Å². The van der Waals surface area contributed by atoms with E-state index in [2.05, 4.69) is 50.5 Å². The molecule has 0 N–H and O–H groups in total. The summed E-state index contributed by atoms with van der Waals surface area (Å²) in [6, 6.07) is 10.9. The van der Waals surface area contributed by atoms with E-state index in [4.69, 9.17) is 4.74 Å². The van der Waals surface area contributed by atoms with Crippen molar-refractivity contribution in [3.05, 3.63) is 51.6 Å². The highest BCUT2D eigenvalue weighted by Gasteiger charge is 2.22.